The molecule has 2 N–H and O–H groups in total. The first-order chi connectivity index (χ1) is 13.7. The number of carbonyl (C=O) groups excluding carboxylic acids is 1. The van der Waals surface area contributed by atoms with Gasteiger partial charge in [0.1, 0.15) is 11.9 Å². The van der Waals surface area contributed by atoms with Crippen molar-refractivity contribution in [3.63, 3.8) is 0 Å². The molecule has 0 radical (unpaired) electrons. The van der Waals surface area contributed by atoms with Crippen LogP contribution in [0.15, 0.2) is 60.8 Å². The molecule has 0 spiro atoms. The summed E-state index contributed by atoms with van der Waals surface area (Å²) < 4.78 is 11.7. The predicted octanol–water partition coefficient (Wildman–Crippen LogP) is 2.69. The lowest BCUT2D eigenvalue weighted by Crippen LogP contribution is -2.51. The Hall–Kier alpha value is -2.96. The van der Waals surface area contributed by atoms with E-state index >= 15 is 0 Å². The van der Waals surface area contributed by atoms with E-state index in [2.05, 4.69) is 10.3 Å². The molecule has 3 aromatic rings. The van der Waals surface area contributed by atoms with Crippen molar-refractivity contribution in [1.29, 1.82) is 0 Å². The van der Waals surface area contributed by atoms with Gasteiger partial charge in [0.2, 0.25) is 0 Å². The van der Waals surface area contributed by atoms with Gasteiger partial charge in [0.15, 0.2) is 0 Å². The number of fused-ring (bicyclic) bond motifs is 1. The highest BCUT2D eigenvalue weighted by atomic mass is 16.5. The number of aliphatic hydroxyl groups is 1. The van der Waals surface area contributed by atoms with Crippen molar-refractivity contribution in [2.24, 2.45) is 0 Å². The summed E-state index contributed by atoms with van der Waals surface area (Å²) in [6.07, 6.45) is 2.14. The Bertz CT molecular complexity index is 953. The lowest BCUT2D eigenvalue weighted by molar-refractivity contribution is -0.00287. The molecule has 28 heavy (non-hydrogen) atoms. The van der Waals surface area contributed by atoms with Crippen LogP contribution in [0.2, 0.25) is 0 Å². The maximum atomic E-state index is 12.9. The fraction of sp³-hybridized carbons (Fsp3) is 0.273. The summed E-state index contributed by atoms with van der Waals surface area (Å²) in [4.78, 5) is 17.2. The van der Waals surface area contributed by atoms with Crippen LogP contribution in [0.1, 0.15) is 22.3 Å². The number of aliphatic hydroxyl groups excluding tert-OH is 1. The summed E-state index contributed by atoms with van der Waals surface area (Å²) in [7, 11) is 0. The summed E-state index contributed by atoms with van der Waals surface area (Å²) in [5.74, 6) is 0.538. The number of nitrogens with zero attached hydrogens (tertiary/aromatic N) is 1. The van der Waals surface area contributed by atoms with Crippen molar-refractivity contribution in [3.05, 3.63) is 71.9 Å². The minimum absolute atomic E-state index is 0.00385. The van der Waals surface area contributed by atoms with Crippen LogP contribution < -0.4 is 10.1 Å². The van der Waals surface area contributed by atoms with E-state index in [4.69, 9.17) is 14.6 Å². The quantitative estimate of drug-likeness (QED) is 0.714. The van der Waals surface area contributed by atoms with E-state index in [9.17, 15) is 4.79 Å². The van der Waals surface area contributed by atoms with Crippen molar-refractivity contribution >= 4 is 16.8 Å². The average Bonchev–Trinajstić information content (AvgIpc) is 2.75. The van der Waals surface area contributed by atoms with Crippen molar-refractivity contribution < 1.29 is 19.4 Å². The highest BCUT2D eigenvalue weighted by molar-refractivity contribution is 6.06. The number of para-hydroxylation sites is 1. The molecule has 2 aromatic carbocycles. The lowest BCUT2D eigenvalue weighted by Gasteiger charge is -2.32. The van der Waals surface area contributed by atoms with Gasteiger partial charge in [-0.3, -0.25) is 9.78 Å². The van der Waals surface area contributed by atoms with Gasteiger partial charge >= 0.3 is 0 Å². The Morgan fingerprint density at radius 3 is 2.82 bits per heavy atom. The highest BCUT2D eigenvalue weighted by Crippen LogP contribution is 2.21. The second-order valence-electron chi connectivity index (χ2n) is 6.78. The van der Waals surface area contributed by atoms with Crippen molar-refractivity contribution in [1.82, 2.24) is 10.3 Å². The number of nitrogens with one attached hydrogen (secondary N) is 1. The zero-order valence-corrected chi connectivity index (χ0v) is 15.4. The fourth-order valence-corrected chi connectivity index (χ4v) is 3.38. The standard InChI is InChI=1S/C22H22N2O4/c25-13-15-5-7-16(8-6-15)28-21-10-12-27-14-20(21)24-22(26)18-9-11-23-19-4-2-1-3-17(18)19/h1-9,11,20-21,25H,10,12-14H2,(H,24,26)/t20-,21-/m1/s1. The Labute approximate surface area is 163 Å². The van der Waals surface area contributed by atoms with E-state index in [1.165, 1.54) is 0 Å². The van der Waals surface area contributed by atoms with Crippen LogP contribution in [0, 0.1) is 0 Å². The molecule has 0 bridgehead atoms. The van der Waals surface area contributed by atoms with Gasteiger partial charge in [-0.25, -0.2) is 0 Å². The number of aromatic nitrogens is 1. The molecule has 0 aliphatic carbocycles. The van der Waals surface area contributed by atoms with Gasteiger partial charge in [-0.2, -0.15) is 0 Å². The zero-order chi connectivity index (χ0) is 19.3. The number of rotatable bonds is 5. The minimum atomic E-state index is -0.259. The zero-order valence-electron chi connectivity index (χ0n) is 15.4. The van der Waals surface area contributed by atoms with Crippen LogP contribution in [0.3, 0.4) is 0 Å². The van der Waals surface area contributed by atoms with Gasteiger partial charge in [-0.05, 0) is 29.8 Å². The number of hydrogen-bond acceptors (Lipinski definition) is 5. The Morgan fingerprint density at radius 1 is 1.18 bits per heavy atom. The van der Waals surface area contributed by atoms with E-state index < -0.39 is 0 Å². The summed E-state index contributed by atoms with van der Waals surface area (Å²) >= 11 is 0. The Balaban J connectivity index is 1.50. The van der Waals surface area contributed by atoms with Crippen LogP contribution >= 0.6 is 0 Å². The Morgan fingerprint density at radius 2 is 2.00 bits per heavy atom. The molecule has 6 heteroatoms. The molecule has 1 fully saturated rings. The first-order valence-electron chi connectivity index (χ1n) is 9.33. The highest BCUT2D eigenvalue weighted by Gasteiger charge is 2.29. The van der Waals surface area contributed by atoms with Crippen molar-refractivity contribution in [2.45, 2.75) is 25.2 Å². The smallest absolute Gasteiger partial charge is 0.252 e. The normalized spacial score (nSPS) is 19.3. The number of ether oxygens (including phenoxy) is 2. The van der Waals surface area contributed by atoms with Crippen LogP contribution in [0.4, 0.5) is 0 Å². The topological polar surface area (TPSA) is 80.7 Å². The number of benzene rings is 2. The molecule has 2 atom stereocenters. The summed E-state index contributed by atoms with van der Waals surface area (Å²) in [5, 5.41) is 13.0. The van der Waals surface area contributed by atoms with Gasteiger partial charge in [-0.15, -0.1) is 0 Å². The van der Waals surface area contributed by atoms with Crippen LogP contribution in [-0.4, -0.2) is 41.4 Å². The third kappa shape index (κ3) is 3.98. The maximum Gasteiger partial charge on any atom is 0.252 e. The molecule has 144 valence electrons. The molecule has 1 aromatic heterocycles. The molecule has 2 heterocycles. The monoisotopic (exact) mass is 378 g/mol. The molecule has 6 nitrogen and oxygen atoms in total. The van der Waals surface area contributed by atoms with Crippen molar-refractivity contribution in [3.8, 4) is 5.75 Å². The Kier molecular flexibility index (Phi) is 5.50. The number of carbonyl (C=O) groups is 1. The SMILES string of the molecule is O=C(N[C@@H]1COCC[C@H]1Oc1ccc(CO)cc1)c1ccnc2ccccc12. The summed E-state index contributed by atoms with van der Waals surface area (Å²) in [6.45, 7) is 0.980. The van der Waals surface area contributed by atoms with E-state index in [1.807, 2.05) is 48.5 Å². The van der Waals surface area contributed by atoms with Crippen LogP contribution in [0.5, 0.6) is 5.75 Å². The van der Waals surface area contributed by atoms with Gasteiger partial charge < -0.3 is 19.9 Å². The molecule has 1 aliphatic rings. The molecule has 0 unspecified atom stereocenters. The molecule has 1 amide bonds. The average molecular weight is 378 g/mol. The first-order valence-corrected chi connectivity index (χ1v) is 9.33. The van der Waals surface area contributed by atoms with E-state index in [1.54, 1.807) is 12.3 Å². The van der Waals surface area contributed by atoms with Crippen LogP contribution in [0.25, 0.3) is 10.9 Å². The van der Waals surface area contributed by atoms with Gasteiger partial charge in [0.25, 0.3) is 5.91 Å². The second-order valence-corrected chi connectivity index (χ2v) is 6.78. The second kappa shape index (κ2) is 8.37. The lowest BCUT2D eigenvalue weighted by atomic mass is 10.0. The summed E-state index contributed by atoms with van der Waals surface area (Å²) in [5.41, 5.74) is 2.20. The molecule has 0 saturated carbocycles. The van der Waals surface area contributed by atoms with Gasteiger partial charge in [-0.1, -0.05) is 30.3 Å². The molecular weight excluding hydrogens is 356 g/mol. The van der Waals surface area contributed by atoms with E-state index in [0.29, 0.717) is 30.9 Å². The minimum Gasteiger partial charge on any atom is -0.488 e. The number of pyridine rings is 1. The fourth-order valence-electron chi connectivity index (χ4n) is 3.38. The van der Waals surface area contributed by atoms with E-state index in [-0.39, 0.29) is 24.7 Å². The molecule has 1 aliphatic heterocycles. The van der Waals surface area contributed by atoms with Gasteiger partial charge in [0, 0.05) is 18.0 Å². The van der Waals surface area contributed by atoms with E-state index in [0.717, 1.165) is 16.5 Å². The number of amides is 1. The molecule has 1 saturated heterocycles. The third-order valence-electron chi connectivity index (χ3n) is 4.90. The summed E-state index contributed by atoms with van der Waals surface area (Å²) in [6, 6.07) is 16.4. The number of hydrogen-bond donors (Lipinski definition) is 2. The largest absolute Gasteiger partial charge is 0.488 e. The third-order valence-corrected chi connectivity index (χ3v) is 4.90. The first kappa shape index (κ1) is 18.4. The molecule has 4 rings (SSSR count). The van der Waals surface area contributed by atoms with Crippen molar-refractivity contribution in [2.75, 3.05) is 13.2 Å². The van der Waals surface area contributed by atoms with Gasteiger partial charge in [0.05, 0.1) is 36.9 Å². The maximum absolute atomic E-state index is 12.9. The van der Waals surface area contributed by atoms with Crippen LogP contribution in [-0.2, 0) is 11.3 Å². The predicted molar refractivity (Wildman–Crippen MR) is 105 cm³/mol. The molecular formula is C22H22N2O4.